The molecular formula is C16H17N3. The number of hydrogen-bond donors (Lipinski definition) is 0. The summed E-state index contributed by atoms with van der Waals surface area (Å²) in [4.78, 5) is 6.22. The van der Waals surface area contributed by atoms with Crippen LogP contribution in [0.5, 0.6) is 0 Å². The van der Waals surface area contributed by atoms with Gasteiger partial charge in [-0.25, -0.2) is 0 Å². The predicted octanol–water partition coefficient (Wildman–Crippen LogP) is 3.17. The first-order valence-corrected chi connectivity index (χ1v) is 6.32. The van der Waals surface area contributed by atoms with E-state index in [9.17, 15) is 0 Å². The predicted molar refractivity (Wildman–Crippen MR) is 75.1 cm³/mol. The van der Waals surface area contributed by atoms with Crippen LogP contribution < -0.4 is 0 Å². The summed E-state index contributed by atoms with van der Waals surface area (Å²) < 4.78 is 0. The first-order chi connectivity index (χ1) is 9.31. The van der Waals surface area contributed by atoms with Gasteiger partial charge in [0.1, 0.15) is 0 Å². The lowest BCUT2D eigenvalue weighted by Gasteiger charge is -2.26. The molecular weight excluding hydrogens is 234 g/mol. The lowest BCUT2D eigenvalue weighted by molar-refractivity contribution is 0.239. The Morgan fingerprint density at radius 3 is 2.47 bits per heavy atom. The van der Waals surface area contributed by atoms with Gasteiger partial charge in [0.2, 0.25) is 0 Å². The van der Waals surface area contributed by atoms with Crippen LogP contribution in [0.2, 0.25) is 0 Å². The highest BCUT2D eigenvalue weighted by atomic mass is 15.1. The molecule has 19 heavy (non-hydrogen) atoms. The van der Waals surface area contributed by atoms with Crippen molar-refractivity contribution in [1.82, 2.24) is 9.88 Å². The summed E-state index contributed by atoms with van der Waals surface area (Å²) in [7, 11) is 2.05. The van der Waals surface area contributed by atoms with Crippen LogP contribution in [-0.2, 0) is 6.54 Å². The molecule has 3 heteroatoms. The average molecular weight is 251 g/mol. The third-order valence-corrected chi connectivity index (χ3v) is 3.18. The van der Waals surface area contributed by atoms with Crippen LogP contribution >= 0.6 is 0 Å². The summed E-state index contributed by atoms with van der Waals surface area (Å²) in [6.07, 6.45) is 4.08. The molecule has 0 radical (unpaired) electrons. The van der Waals surface area contributed by atoms with E-state index >= 15 is 0 Å². The molecule has 2 aromatic rings. The van der Waals surface area contributed by atoms with Crippen LogP contribution in [0, 0.1) is 11.3 Å². The van der Waals surface area contributed by atoms with Crippen molar-refractivity contribution in [3.63, 3.8) is 0 Å². The minimum absolute atomic E-state index is 0.124. The minimum atomic E-state index is 0.124. The first kappa shape index (κ1) is 13.3. The van der Waals surface area contributed by atoms with Crippen LogP contribution in [0.1, 0.15) is 23.6 Å². The van der Waals surface area contributed by atoms with Gasteiger partial charge in [-0.2, -0.15) is 5.26 Å². The Morgan fingerprint density at radius 1 is 1.16 bits per heavy atom. The third kappa shape index (κ3) is 3.64. The number of aromatic nitrogens is 1. The molecule has 2 rings (SSSR count). The second kappa shape index (κ2) is 6.67. The molecule has 1 atom stereocenters. The maximum absolute atomic E-state index is 9.03. The molecule has 1 aromatic heterocycles. The van der Waals surface area contributed by atoms with E-state index in [0.717, 1.165) is 6.54 Å². The number of pyridine rings is 1. The fourth-order valence-electron chi connectivity index (χ4n) is 2.18. The SMILES string of the molecule is CN(Cc1ccncc1)C(CC#N)c1ccccc1. The Kier molecular flexibility index (Phi) is 4.66. The molecule has 1 aromatic carbocycles. The van der Waals surface area contributed by atoms with Crippen LogP contribution in [0.25, 0.3) is 0 Å². The molecule has 0 aliphatic rings. The van der Waals surface area contributed by atoms with Crippen molar-refractivity contribution in [2.75, 3.05) is 7.05 Å². The van der Waals surface area contributed by atoms with Crippen LogP contribution in [0.15, 0.2) is 54.9 Å². The summed E-state index contributed by atoms with van der Waals surface area (Å²) in [6.45, 7) is 0.809. The van der Waals surface area contributed by atoms with Crippen molar-refractivity contribution >= 4 is 0 Å². The van der Waals surface area contributed by atoms with Crippen LogP contribution in [0.3, 0.4) is 0 Å². The quantitative estimate of drug-likeness (QED) is 0.819. The molecule has 0 amide bonds. The van der Waals surface area contributed by atoms with E-state index in [2.05, 4.69) is 35.1 Å². The molecule has 1 unspecified atom stereocenters. The van der Waals surface area contributed by atoms with E-state index < -0.39 is 0 Å². The summed E-state index contributed by atoms with van der Waals surface area (Å²) >= 11 is 0. The van der Waals surface area contributed by atoms with Crippen molar-refractivity contribution in [1.29, 1.82) is 5.26 Å². The second-order valence-electron chi connectivity index (χ2n) is 4.56. The Bertz CT molecular complexity index is 531. The Hall–Kier alpha value is -2.18. The maximum atomic E-state index is 9.03. The molecule has 3 nitrogen and oxygen atoms in total. The second-order valence-corrected chi connectivity index (χ2v) is 4.56. The van der Waals surface area contributed by atoms with Gasteiger partial charge in [0.05, 0.1) is 12.5 Å². The smallest absolute Gasteiger partial charge is 0.0641 e. The van der Waals surface area contributed by atoms with Gasteiger partial charge in [-0.15, -0.1) is 0 Å². The third-order valence-electron chi connectivity index (χ3n) is 3.18. The van der Waals surface area contributed by atoms with Gasteiger partial charge in [0.25, 0.3) is 0 Å². The van der Waals surface area contributed by atoms with Gasteiger partial charge >= 0.3 is 0 Å². The van der Waals surface area contributed by atoms with Gasteiger partial charge in [-0.05, 0) is 30.3 Å². The Labute approximate surface area is 114 Å². The number of nitrogens with zero attached hydrogens (tertiary/aromatic N) is 3. The van der Waals surface area contributed by atoms with Gasteiger partial charge in [0, 0.05) is 25.0 Å². The van der Waals surface area contributed by atoms with E-state index in [1.165, 1.54) is 11.1 Å². The molecule has 0 bridgehead atoms. The Balaban J connectivity index is 2.14. The molecule has 1 heterocycles. The molecule has 0 aliphatic heterocycles. The molecule has 0 aliphatic carbocycles. The molecule has 0 fully saturated rings. The van der Waals surface area contributed by atoms with E-state index in [0.29, 0.717) is 6.42 Å². The fourth-order valence-corrected chi connectivity index (χ4v) is 2.18. The molecule has 0 spiro atoms. The maximum Gasteiger partial charge on any atom is 0.0641 e. The Morgan fingerprint density at radius 2 is 1.84 bits per heavy atom. The zero-order valence-electron chi connectivity index (χ0n) is 11.0. The summed E-state index contributed by atoms with van der Waals surface area (Å²) in [5.41, 5.74) is 2.39. The monoisotopic (exact) mass is 251 g/mol. The standard InChI is InChI=1S/C16H17N3/c1-19(13-14-8-11-18-12-9-14)16(7-10-17)15-5-3-2-4-6-15/h2-6,8-9,11-12,16H,7,13H2,1H3. The van der Waals surface area contributed by atoms with Crippen molar-refractivity contribution in [2.45, 2.75) is 19.0 Å². The van der Waals surface area contributed by atoms with Crippen molar-refractivity contribution in [2.24, 2.45) is 0 Å². The van der Waals surface area contributed by atoms with Gasteiger partial charge in [-0.3, -0.25) is 9.88 Å². The number of rotatable bonds is 5. The van der Waals surface area contributed by atoms with Gasteiger partial charge < -0.3 is 0 Å². The van der Waals surface area contributed by atoms with E-state index in [-0.39, 0.29) is 6.04 Å². The summed E-state index contributed by atoms with van der Waals surface area (Å²) in [5, 5.41) is 9.03. The highest BCUT2D eigenvalue weighted by Crippen LogP contribution is 2.23. The number of hydrogen-bond acceptors (Lipinski definition) is 3. The first-order valence-electron chi connectivity index (χ1n) is 6.32. The van der Waals surface area contributed by atoms with E-state index in [1.54, 1.807) is 12.4 Å². The summed E-state index contributed by atoms with van der Waals surface area (Å²) in [5.74, 6) is 0. The molecule has 0 saturated heterocycles. The van der Waals surface area contributed by atoms with Gasteiger partial charge in [0.15, 0.2) is 0 Å². The van der Waals surface area contributed by atoms with E-state index in [1.807, 2.05) is 30.3 Å². The molecule has 0 N–H and O–H groups in total. The minimum Gasteiger partial charge on any atom is -0.294 e. The summed E-state index contributed by atoms with van der Waals surface area (Å²) in [6, 6.07) is 16.6. The lowest BCUT2D eigenvalue weighted by Crippen LogP contribution is -2.24. The topological polar surface area (TPSA) is 39.9 Å². The highest BCUT2D eigenvalue weighted by molar-refractivity contribution is 5.20. The number of nitriles is 1. The zero-order chi connectivity index (χ0) is 13.5. The molecule has 96 valence electrons. The average Bonchev–Trinajstić information content (AvgIpc) is 2.46. The number of benzene rings is 1. The largest absolute Gasteiger partial charge is 0.294 e. The van der Waals surface area contributed by atoms with Crippen molar-refractivity contribution < 1.29 is 0 Å². The lowest BCUT2D eigenvalue weighted by atomic mass is 10.0. The van der Waals surface area contributed by atoms with Crippen LogP contribution in [-0.4, -0.2) is 16.9 Å². The zero-order valence-corrected chi connectivity index (χ0v) is 11.0. The van der Waals surface area contributed by atoms with Crippen molar-refractivity contribution in [3.8, 4) is 6.07 Å². The molecule has 0 saturated carbocycles. The van der Waals surface area contributed by atoms with Gasteiger partial charge in [-0.1, -0.05) is 30.3 Å². The van der Waals surface area contributed by atoms with Crippen LogP contribution in [0.4, 0.5) is 0 Å². The normalized spacial score (nSPS) is 12.1. The van der Waals surface area contributed by atoms with E-state index in [4.69, 9.17) is 5.26 Å². The fraction of sp³-hybridized carbons (Fsp3) is 0.250. The van der Waals surface area contributed by atoms with Crippen molar-refractivity contribution in [3.05, 3.63) is 66.0 Å². The highest BCUT2D eigenvalue weighted by Gasteiger charge is 2.16.